The summed E-state index contributed by atoms with van der Waals surface area (Å²) in [6, 6.07) is 7.85. The second kappa shape index (κ2) is 9.81. The van der Waals surface area contributed by atoms with E-state index in [1.807, 2.05) is 51.8 Å². The maximum Gasteiger partial charge on any atom is 0.409 e. The number of hydrogen-bond donors (Lipinski definition) is 0. The number of carbonyl (C=O) groups excluding carboxylic acids is 3. The number of likely N-dealkylation sites (N-methyl/N-ethyl adjacent to an activating group) is 1. The van der Waals surface area contributed by atoms with Crippen LogP contribution in [-0.2, 0) is 19.7 Å². The monoisotopic (exact) mass is 350 g/mol. The summed E-state index contributed by atoms with van der Waals surface area (Å²) < 4.78 is 4.99. The lowest BCUT2D eigenvalue weighted by atomic mass is 9.75. The van der Waals surface area contributed by atoms with Gasteiger partial charge in [0.05, 0.1) is 6.61 Å². The van der Waals surface area contributed by atoms with Gasteiger partial charge in [-0.1, -0.05) is 39.5 Å². The van der Waals surface area contributed by atoms with Crippen LogP contribution in [0, 0.1) is 0 Å². The average Bonchev–Trinajstić information content (AvgIpc) is 2.85. The van der Waals surface area contributed by atoms with E-state index in [1.54, 1.807) is 16.7 Å². The number of ether oxygens (including phenoxy) is 1. The van der Waals surface area contributed by atoms with Gasteiger partial charge >= 0.3 is 6.09 Å². The van der Waals surface area contributed by atoms with E-state index in [2.05, 4.69) is 0 Å². The number of fused-ring (bicyclic) bond motifs is 2. The Morgan fingerprint density at radius 1 is 1.20 bits per heavy atom. The van der Waals surface area contributed by atoms with Crippen LogP contribution in [-0.4, -0.2) is 49.9 Å². The quantitative estimate of drug-likeness (QED) is 0.821. The topological polar surface area (TPSA) is 66.9 Å². The second-order valence-electron chi connectivity index (χ2n) is 5.20. The lowest BCUT2D eigenvalue weighted by molar-refractivity contribution is -0.128. The molecular weight excluding hydrogens is 320 g/mol. The highest BCUT2D eigenvalue weighted by molar-refractivity contribution is 6.09. The molecule has 0 aromatic heterocycles. The van der Waals surface area contributed by atoms with Gasteiger partial charge in [-0.15, -0.1) is 0 Å². The Hall–Kier alpha value is -2.37. The number of likely N-dealkylation sites (tertiary alicyclic amines) is 1. The molecule has 0 aliphatic carbocycles. The highest BCUT2D eigenvalue weighted by Gasteiger charge is 2.59. The van der Waals surface area contributed by atoms with Gasteiger partial charge in [0.1, 0.15) is 12.2 Å². The van der Waals surface area contributed by atoms with Gasteiger partial charge in [0.2, 0.25) is 5.91 Å². The molecule has 1 fully saturated rings. The van der Waals surface area contributed by atoms with Gasteiger partial charge in [0, 0.05) is 25.3 Å². The van der Waals surface area contributed by atoms with Crippen LogP contribution in [0.5, 0.6) is 0 Å². The van der Waals surface area contributed by atoms with Gasteiger partial charge in [0.15, 0.2) is 0 Å². The van der Waals surface area contributed by atoms with E-state index in [4.69, 9.17) is 9.53 Å². The predicted octanol–water partition coefficient (Wildman–Crippen LogP) is 3.24. The first-order valence-electron chi connectivity index (χ1n) is 8.26. The van der Waals surface area contributed by atoms with E-state index in [9.17, 15) is 9.59 Å². The molecule has 25 heavy (non-hydrogen) atoms. The van der Waals surface area contributed by atoms with Crippen LogP contribution in [0.1, 0.15) is 40.7 Å². The fourth-order valence-electron chi connectivity index (χ4n) is 3.17. The lowest BCUT2D eigenvalue weighted by Gasteiger charge is -2.45. The van der Waals surface area contributed by atoms with Gasteiger partial charge in [-0.25, -0.2) is 4.79 Å². The van der Waals surface area contributed by atoms with Crippen LogP contribution in [0.15, 0.2) is 24.3 Å². The van der Waals surface area contributed by atoms with Gasteiger partial charge in [-0.2, -0.15) is 0 Å². The second-order valence-corrected chi connectivity index (χ2v) is 5.20. The molecule has 1 aromatic rings. The summed E-state index contributed by atoms with van der Waals surface area (Å²) in [6.07, 6.45) is -0.335. The summed E-state index contributed by atoms with van der Waals surface area (Å²) in [7, 11) is 0. The fourth-order valence-corrected chi connectivity index (χ4v) is 3.17. The molecule has 3 rings (SSSR count). The number of carbonyl (C=O) groups is 3. The predicted molar refractivity (Wildman–Crippen MR) is 99.9 cm³/mol. The van der Waals surface area contributed by atoms with E-state index in [-0.39, 0.29) is 19.4 Å². The fraction of sp³-hybridized carbons (Fsp3) is 0.526. The largest absolute Gasteiger partial charge is 0.450 e. The average molecular weight is 350 g/mol. The summed E-state index contributed by atoms with van der Waals surface area (Å²) in [5.74, 6) is 0.0988. The number of rotatable bonds is 2. The van der Waals surface area contributed by atoms with Crippen molar-refractivity contribution in [3.05, 3.63) is 29.8 Å². The van der Waals surface area contributed by atoms with Gasteiger partial charge < -0.3 is 19.3 Å². The number of anilines is 1. The summed E-state index contributed by atoms with van der Waals surface area (Å²) in [5, 5.41) is 0. The van der Waals surface area contributed by atoms with Crippen molar-refractivity contribution in [2.45, 2.75) is 40.5 Å². The van der Waals surface area contributed by atoms with Crippen molar-refractivity contribution in [3.63, 3.8) is 0 Å². The highest BCUT2D eigenvalue weighted by Crippen LogP contribution is 2.47. The minimum Gasteiger partial charge on any atom is -0.450 e. The number of benzene rings is 1. The molecule has 6 heteroatoms. The van der Waals surface area contributed by atoms with Crippen LogP contribution in [0.25, 0.3) is 0 Å². The van der Waals surface area contributed by atoms with Crippen molar-refractivity contribution >= 4 is 24.5 Å². The maximum absolute atomic E-state index is 12.7. The molecule has 6 nitrogen and oxygen atoms in total. The standard InChI is InChI=1S/C15H18N2O3.C2H6.CH2O.CH4/c1-3-17-12-8-6-5-7-11(12)15(13(17)18)9-16(10-15)14(19)20-4-2;2*1-2;/h5-8H,3-4,9-10H2,1-2H3;1-2H3;1H2;1H4. The maximum atomic E-state index is 12.7. The molecule has 2 amide bonds. The van der Waals surface area contributed by atoms with Gasteiger partial charge in [0.25, 0.3) is 0 Å². The van der Waals surface area contributed by atoms with Crippen LogP contribution in [0.2, 0.25) is 0 Å². The van der Waals surface area contributed by atoms with E-state index in [0.29, 0.717) is 26.2 Å². The van der Waals surface area contributed by atoms with E-state index >= 15 is 0 Å². The Kier molecular flexibility index (Phi) is 8.88. The molecule has 140 valence electrons. The Bertz CT molecular complexity index is 583. The molecule has 0 atom stereocenters. The number of nitrogens with zero attached hydrogens (tertiary/aromatic N) is 2. The third-order valence-electron chi connectivity index (χ3n) is 4.13. The molecule has 2 aliphatic rings. The van der Waals surface area contributed by atoms with Crippen LogP contribution in [0.4, 0.5) is 10.5 Å². The Morgan fingerprint density at radius 3 is 2.28 bits per heavy atom. The smallest absolute Gasteiger partial charge is 0.409 e. The van der Waals surface area contributed by atoms with Crippen molar-refractivity contribution in [1.29, 1.82) is 0 Å². The normalized spacial score (nSPS) is 15.6. The SMILES string of the molecule is C.C=O.CC.CCOC(=O)N1CC2(C1)C(=O)N(CC)c1ccccc12. The van der Waals surface area contributed by atoms with Gasteiger partial charge in [-0.3, -0.25) is 4.79 Å². The molecule has 1 spiro atoms. The Balaban J connectivity index is 0.00000108. The number of amides is 2. The Morgan fingerprint density at radius 2 is 1.76 bits per heavy atom. The van der Waals surface area contributed by atoms with E-state index < -0.39 is 5.41 Å². The molecular formula is C19H30N2O4. The number of hydrogen-bond acceptors (Lipinski definition) is 4. The zero-order chi connectivity index (χ0) is 18.3. The molecule has 1 aromatic carbocycles. The van der Waals surface area contributed by atoms with Crippen LogP contribution < -0.4 is 4.90 Å². The molecule has 2 aliphatic heterocycles. The first-order chi connectivity index (χ1) is 11.6. The van der Waals surface area contributed by atoms with Crippen molar-refractivity contribution in [2.24, 2.45) is 0 Å². The van der Waals surface area contributed by atoms with Crippen LogP contribution >= 0.6 is 0 Å². The van der Waals surface area contributed by atoms with E-state index in [1.165, 1.54) is 0 Å². The molecule has 0 unspecified atom stereocenters. The molecule has 0 N–H and O–H groups in total. The summed E-state index contributed by atoms with van der Waals surface area (Å²) in [5.41, 5.74) is 1.45. The first-order valence-corrected chi connectivity index (χ1v) is 8.26. The Labute approximate surface area is 150 Å². The van der Waals surface area contributed by atoms with Crippen LogP contribution in [0.3, 0.4) is 0 Å². The lowest BCUT2D eigenvalue weighted by Crippen LogP contribution is -2.65. The third kappa shape index (κ3) is 3.67. The van der Waals surface area contributed by atoms with Gasteiger partial charge in [-0.05, 0) is 25.5 Å². The van der Waals surface area contributed by atoms with E-state index in [0.717, 1.165) is 11.3 Å². The third-order valence-corrected chi connectivity index (χ3v) is 4.13. The number of para-hydroxylation sites is 1. The van der Waals surface area contributed by atoms with Crippen molar-refractivity contribution in [3.8, 4) is 0 Å². The molecule has 1 saturated heterocycles. The highest BCUT2D eigenvalue weighted by atomic mass is 16.6. The minimum atomic E-state index is -0.556. The first kappa shape index (κ1) is 22.6. The minimum absolute atomic E-state index is 0. The molecule has 0 saturated carbocycles. The molecule has 2 heterocycles. The zero-order valence-corrected chi connectivity index (χ0v) is 14.9. The zero-order valence-electron chi connectivity index (χ0n) is 14.9. The molecule has 0 bridgehead atoms. The summed E-state index contributed by atoms with van der Waals surface area (Å²) in [6.45, 7) is 11.6. The molecule has 0 radical (unpaired) electrons. The van der Waals surface area contributed by atoms with Crippen molar-refractivity contribution < 1.29 is 19.1 Å². The summed E-state index contributed by atoms with van der Waals surface area (Å²) >= 11 is 0. The summed E-state index contributed by atoms with van der Waals surface area (Å²) in [4.78, 5) is 35.8. The van der Waals surface area contributed by atoms with Crippen molar-refractivity contribution in [2.75, 3.05) is 31.1 Å². The van der Waals surface area contributed by atoms with Crippen molar-refractivity contribution in [1.82, 2.24) is 4.90 Å².